The summed E-state index contributed by atoms with van der Waals surface area (Å²) in [6, 6.07) is 118. The lowest BCUT2D eigenvalue weighted by atomic mass is 9.90. The first-order valence-electron chi connectivity index (χ1n) is 32.2. The molecule has 0 heteroatoms. The quantitative estimate of drug-likeness (QED) is 0.154. The van der Waals surface area contributed by atoms with Gasteiger partial charge in [-0.1, -0.05) is 279 Å². The van der Waals surface area contributed by atoms with Gasteiger partial charge in [-0.25, -0.2) is 0 Å². The predicted octanol–water partition coefficient (Wildman–Crippen LogP) is 26.2. The van der Waals surface area contributed by atoms with Crippen LogP contribution in [0.5, 0.6) is 0 Å². The molecule has 0 heterocycles. The molecule has 0 unspecified atom stereocenters. The maximum absolute atomic E-state index is 2.47. The number of fused-ring (bicyclic) bond motifs is 20. The molecule has 22 rings (SSSR count). The van der Waals surface area contributed by atoms with Gasteiger partial charge in [0.1, 0.15) is 0 Å². The van der Waals surface area contributed by atoms with E-state index in [1.54, 1.807) is 0 Å². The van der Waals surface area contributed by atoms with E-state index in [0.29, 0.717) is 0 Å². The highest BCUT2D eigenvalue weighted by atomic mass is 14.3. The first-order chi connectivity index (χ1) is 45.7. The summed E-state index contributed by atoms with van der Waals surface area (Å²) >= 11 is 0. The summed E-state index contributed by atoms with van der Waals surface area (Å²) in [5.74, 6) is 0. The van der Waals surface area contributed by atoms with Crippen LogP contribution in [0.25, 0.3) is 217 Å². The third-order valence-corrected chi connectivity index (χ3v) is 21.1. The van der Waals surface area contributed by atoms with E-state index in [1.165, 1.54) is 217 Å². The Bertz CT molecular complexity index is 6470. The normalized spacial score (nSPS) is 12.3. The average molecular weight is 1160 g/mol. The summed E-state index contributed by atoms with van der Waals surface area (Å²) in [5.41, 5.74) is 10.1. The molecule has 0 saturated carbocycles. The highest BCUT2D eigenvalue weighted by Gasteiger charge is 2.23. The summed E-state index contributed by atoms with van der Waals surface area (Å²) < 4.78 is 0. The van der Waals surface area contributed by atoms with Crippen molar-refractivity contribution in [2.24, 2.45) is 0 Å². The van der Waals surface area contributed by atoms with Gasteiger partial charge >= 0.3 is 0 Å². The van der Waals surface area contributed by atoms with Crippen LogP contribution in [0.4, 0.5) is 0 Å². The first-order valence-corrected chi connectivity index (χ1v) is 32.2. The molecule has 92 heavy (non-hydrogen) atoms. The van der Waals surface area contributed by atoms with Gasteiger partial charge in [-0.3, -0.25) is 0 Å². The standard InChI is InChI=1S/2C46H26/c1-2-10-27(11-3-1)29-12-4-5-13-30(29)33-22-23-39-41-24-28-20-21-34-37-18-8-16-35-31-14-6-7-15-32(31)44(46(35)37)26-42(34)40(28)25-43(41)38-19-9-17-36(33)45(38)39;1-2-10-27(11-3-1)29-12-4-5-13-30(29)33-22-23-39-43-25-40-28(24-41(43)38-19-9-17-36(33)45(38)39)20-21-34-37-18-8-16-35-31-14-6-7-15-32(31)44(46(35)37)26-42(34)40/h2*1-26H. The van der Waals surface area contributed by atoms with Gasteiger partial charge in [0.05, 0.1) is 0 Å². The zero-order valence-corrected chi connectivity index (χ0v) is 50.0. The van der Waals surface area contributed by atoms with Gasteiger partial charge in [0.25, 0.3) is 0 Å². The van der Waals surface area contributed by atoms with Gasteiger partial charge in [0, 0.05) is 0 Å². The number of hydrogen-bond acceptors (Lipinski definition) is 0. The van der Waals surface area contributed by atoms with E-state index >= 15 is 0 Å². The molecule has 0 amide bonds. The van der Waals surface area contributed by atoms with E-state index in [2.05, 4.69) is 315 Å². The van der Waals surface area contributed by atoms with Crippen molar-refractivity contribution in [2.75, 3.05) is 0 Å². The summed E-state index contributed by atoms with van der Waals surface area (Å²) in [6.07, 6.45) is 0. The molecular weight excluding hydrogens is 1110 g/mol. The van der Waals surface area contributed by atoms with Crippen molar-refractivity contribution >= 4 is 172 Å². The lowest BCUT2D eigenvalue weighted by Crippen LogP contribution is -1.86. The molecule has 0 saturated heterocycles. The van der Waals surface area contributed by atoms with Crippen molar-refractivity contribution < 1.29 is 0 Å². The molecule has 0 atom stereocenters. The molecule has 0 aliphatic heterocycles. The van der Waals surface area contributed by atoms with Crippen LogP contribution in [-0.2, 0) is 0 Å². The van der Waals surface area contributed by atoms with E-state index in [0.717, 1.165) is 0 Å². The summed E-state index contributed by atoms with van der Waals surface area (Å²) in [4.78, 5) is 0. The van der Waals surface area contributed by atoms with Gasteiger partial charge in [0.15, 0.2) is 0 Å². The second-order valence-corrected chi connectivity index (χ2v) is 25.6. The number of hydrogen-bond donors (Lipinski definition) is 0. The highest BCUT2D eigenvalue weighted by Crippen LogP contribution is 2.51. The Balaban J connectivity index is 0.000000124. The topological polar surface area (TPSA) is 0 Å². The molecule has 0 fully saturated rings. The average Bonchev–Trinajstić information content (AvgIpc) is 1.55. The molecule has 0 nitrogen and oxygen atoms in total. The summed E-state index contributed by atoms with van der Waals surface area (Å²) in [5, 5.41) is 42.8. The molecule has 0 bridgehead atoms. The first kappa shape index (κ1) is 50.0. The number of benzene rings is 18. The molecular formula is C92H52. The van der Waals surface area contributed by atoms with Crippen LogP contribution in [-0.4, -0.2) is 0 Å². The van der Waals surface area contributed by atoms with Gasteiger partial charge in [0.2, 0.25) is 0 Å². The fraction of sp³-hybridized carbons (Fsp3) is 0. The molecule has 22 aromatic rings. The second kappa shape index (κ2) is 18.8. The molecule has 0 aliphatic carbocycles. The van der Waals surface area contributed by atoms with Gasteiger partial charge in [-0.2, -0.15) is 0 Å². The third kappa shape index (κ3) is 6.85. The van der Waals surface area contributed by atoms with Gasteiger partial charge < -0.3 is 0 Å². The monoisotopic (exact) mass is 1160 g/mol. The van der Waals surface area contributed by atoms with Gasteiger partial charge in [-0.15, -0.1) is 0 Å². The van der Waals surface area contributed by atoms with Crippen LogP contribution in [0.2, 0.25) is 0 Å². The lowest BCUT2D eigenvalue weighted by Gasteiger charge is -2.13. The highest BCUT2D eigenvalue weighted by molar-refractivity contribution is 6.41. The van der Waals surface area contributed by atoms with E-state index in [1.807, 2.05) is 0 Å². The third-order valence-electron chi connectivity index (χ3n) is 21.1. The van der Waals surface area contributed by atoms with E-state index in [4.69, 9.17) is 0 Å². The van der Waals surface area contributed by atoms with Crippen molar-refractivity contribution in [2.45, 2.75) is 0 Å². The minimum absolute atomic E-state index is 1.24. The molecule has 420 valence electrons. The predicted molar refractivity (Wildman–Crippen MR) is 399 cm³/mol. The van der Waals surface area contributed by atoms with Gasteiger partial charge in [-0.05, 0) is 253 Å². The van der Waals surface area contributed by atoms with Crippen LogP contribution in [0, 0.1) is 0 Å². The number of rotatable bonds is 4. The van der Waals surface area contributed by atoms with Crippen molar-refractivity contribution in [3.63, 3.8) is 0 Å². The summed E-state index contributed by atoms with van der Waals surface area (Å²) in [6.45, 7) is 0. The Morgan fingerprint density at radius 3 is 0.761 bits per heavy atom. The van der Waals surface area contributed by atoms with Crippen LogP contribution in [0.1, 0.15) is 0 Å². The van der Waals surface area contributed by atoms with Crippen LogP contribution < -0.4 is 0 Å². The molecule has 0 N–H and O–H groups in total. The van der Waals surface area contributed by atoms with Crippen LogP contribution in [0.15, 0.2) is 315 Å². The Morgan fingerprint density at radius 1 is 0.109 bits per heavy atom. The largest absolute Gasteiger partial charge is 0.0622 e. The zero-order valence-electron chi connectivity index (χ0n) is 50.0. The summed E-state index contributed by atoms with van der Waals surface area (Å²) in [7, 11) is 0. The maximum atomic E-state index is 2.47. The smallest absolute Gasteiger partial charge is 0.00199 e. The van der Waals surface area contributed by atoms with Crippen LogP contribution >= 0.6 is 0 Å². The molecule has 22 aromatic carbocycles. The Hall–Kier alpha value is -12.0. The van der Waals surface area contributed by atoms with Crippen molar-refractivity contribution in [3.8, 4) is 44.5 Å². The fourth-order valence-electron chi connectivity index (χ4n) is 17.2. The minimum atomic E-state index is 1.24. The maximum Gasteiger partial charge on any atom is -0.00199 e. The molecule has 0 aromatic heterocycles. The zero-order chi connectivity index (χ0) is 59.9. The Morgan fingerprint density at radius 2 is 0.359 bits per heavy atom. The van der Waals surface area contributed by atoms with E-state index < -0.39 is 0 Å². The second-order valence-electron chi connectivity index (χ2n) is 25.6. The molecule has 0 aliphatic rings. The SMILES string of the molecule is c1ccc(-c2ccccc2-c2ccc3c4cc5c(ccc6c5cc5c7ccccc7c7cccc6c75)cc4c4cccc2c43)cc1.c1ccc(-c2ccccc2-c2ccc3c4cc5ccc6c(cc7c8ccccc8c8cccc6c87)c5cc4c4cccc2c34)cc1. The van der Waals surface area contributed by atoms with Crippen LogP contribution in [0.3, 0.4) is 0 Å². The van der Waals surface area contributed by atoms with Crippen molar-refractivity contribution in [1.82, 2.24) is 0 Å². The molecule has 0 radical (unpaired) electrons. The van der Waals surface area contributed by atoms with E-state index in [-0.39, 0.29) is 0 Å². The molecule has 0 spiro atoms. The Kier molecular flexibility index (Phi) is 10.2. The fourth-order valence-corrected chi connectivity index (χ4v) is 17.2. The van der Waals surface area contributed by atoms with E-state index in [9.17, 15) is 0 Å². The Labute approximate surface area is 529 Å². The van der Waals surface area contributed by atoms with Crippen molar-refractivity contribution in [3.05, 3.63) is 315 Å². The lowest BCUT2D eigenvalue weighted by molar-refractivity contribution is 1.60. The van der Waals surface area contributed by atoms with Crippen molar-refractivity contribution in [1.29, 1.82) is 0 Å². The minimum Gasteiger partial charge on any atom is -0.0622 e.